The van der Waals surface area contributed by atoms with Gasteiger partial charge >= 0.3 is 0 Å². The van der Waals surface area contributed by atoms with Gasteiger partial charge in [0, 0.05) is 6.54 Å². The highest BCUT2D eigenvalue weighted by Gasteiger charge is 2.08. The molecule has 1 amide bonds. The van der Waals surface area contributed by atoms with Gasteiger partial charge in [0.05, 0.1) is 13.4 Å². The van der Waals surface area contributed by atoms with Crippen LogP contribution in [0.15, 0.2) is 41.0 Å². The molecule has 0 aliphatic heterocycles. The predicted molar refractivity (Wildman–Crippen MR) is 72.3 cm³/mol. The number of ether oxygens (including phenoxy) is 1. The number of rotatable bonds is 5. The molecule has 0 saturated heterocycles. The zero-order valence-electron chi connectivity index (χ0n) is 11.1. The molecule has 1 heterocycles. The molecule has 0 aliphatic carbocycles. The van der Waals surface area contributed by atoms with E-state index in [1.165, 1.54) is 6.26 Å². The highest BCUT2D eigenvalue weighted by molar-refractivity contribution is 5.91. The first-order valence-electron chi connectivity index (χ1n) is 6.22. The standard InChI is InChI=1S/C15H17NO3/c1-3-12-9-11(6-7-13(12)18-2)10-16-15(17)14-5-4-8-19-14/h4-9H,3,10H2,1-2H3,(H,16,17). The molecular weight excluding hydrogens is 242 g/mol. The zero-order chi connectivity index (χ0) is 13.7. The van der Waals surface area contributed by atoms with E-state index < -0.39 is 0 Å². The van der Waals surface area contributed by atoms with Crippen molar-refractivity contribution >= 4 is 5.91 Å². The van der Waals surface area contributed by atoms with Crippen molar-refractivity contribution < 1.29 is 13.9 Å². The predicted octanol–water partition coefficient (Wildman–Crippen LogP) is 2.78. The molecule has 1 aromatic carbocycles. The lowest BCUT2D eigenvalue weighted by molar-refractivity contribution is 0.0923. The van der Waals surface area contributed by atoms with Gasteiger partial charge in [0.2, 0.25) is 0 Å². The Labute approximate surface area is 112 Å². The van der Waals surface area contributed by atoms with E-state index in [4.69, 9.17) is 9.15 Å². The lowest BCUT2D eigenvalue weighted by Crippen LogP contribution is -2.22. The van der Waals surface area contributed by atoms with Crippen molar-refractivity contribution in [2.45, 2.75) is 19.9 Å². The number of hydrogen-bond donors (Lipinski definition) is 1. The number of carbonyl (C=O) groups is 1. The second-order valence-corrected chi connectivity index (χ2v) is 4.16. The average Bonchev–Trinajstić information content (AvgIpc) is 2.98. The summed E-state index contributed by atoms with van der Waals surface area (Å²) < 4.78 is 10.3. The molecule has 4 nitrogen and oxygen atoms in total. The first-order chi connectivity index (χ1) is 9.24. The SMILES string of the molecule is CCc1cc(CNC(=O)c2ccco2)ccc1OC. The Morgan fingerprint density at radius 1 is 1.37 bits per heavy atom. The molecule has 1 aromatic heterocycles. The van der Waals surface area contributed by atoms with Crippen molar-refractivity contribution in [1.82, 2.24) is 5.32 Å². The third kappa shape index (κ3) is 3.16. The Kier molecular flexibility index (Phi) is 4.23. The number of nitrogens with one attached hydrogen (secondary N) is 1. The van der Waals surface area contributed by atoms with Crippen molar-refractivity contribution in [3.63, 3.8) is 0 Å². The Bertz CT molecular complexity index is 547. The van der Waals surface area contributed by atoms with Crippen LogP contribution in [-0.4, -0.2) is 13.0 Å². The second-order valence-electron chi connectivity index (χ2n) is 4.16. The minimum absolute atomic E-state index is 0.209. The third-order valence-electron chi connectivity index (χ3n) is 2.92. The fourth-order valence-corrected chi connectivity index (χ4v) is 1.90. The van der Waals surface area contributed by atoms with Crippen LogP contribution in [0.3, 0.4) is 0 Å². The van der Waals surface area contributed by atoms with Gasteiger partial charge < -0.3 is 14.5 Å². The van der Waals surface area contributed by atoms with E-state index in [2.05, 4.69) is 12.2 Å². The summed E-state index contributed by atoms with van der Waals surface area (Å²) in [4.78, 5) is 11.7. The molecule has 0 atom stereocenters. The van der Waals surface area contributed by atoms with Crippen molar-refractivity contribution in [2.75, 3.05) is 7.11 Å². The zero-order valence-corrected chi connectivity index (χ0v) is 11.1. The monoisotopic (exact) mass is 259 g/mol. The maximum absolute atomic E-state index is 11.7. The molecule has 1 N–H and O–H groups in total. The third-order valence-corrected chi connectivity index (χ3v) is 2.92. The van der Waals surface area contributed by atoms with E-state index in [9.17, 15) is 4.79 Å². The Balaban J connectivity index is 2.02. The number of methoxy groups -OCH3 is 1. The summed E-state index contributed by atoms with van der Waals surface area (Å²) in [5, 5.41) is 2.82. The number of hydrogen-bond acceptors (Lipinski definition) is 3. The molecule has 2 rings (SSSR count). The fraction of sp³-hybridized carbons (Fsp3) is 0.267. The van der Waals surface area contributed by atoms with Gasteiger partial charge in [-0.3, -0.25) is 4.79 Å². The molecule has 4 heteroatoms. The highest BCUT2D eigenvalue weighted by Crippen LogP contribution is 2.20. The molecule has 0 aliphatic rings. The van der Waals surface area contributed by atoms with Crippen molar-refractivity contribution in [3.05, 3.63) is 53.5 Å². The van der Waals surface area contributed by atoms with Crippen LogP contribution >= 0.6 is 0 Å². The number of carbonyl (C=O) groups excluding carboxylic acids is 1. The molecule has 2 aromatic rings. The maximum Gasteiger partial charge on any atom is 0.287 e. The normalized spacial score (nSPS) is 10.2. The largest absolute Gasteiger partial charge is 0.496 e. The molecule has 0 unspecified atom stereocenters. The van der Waals surface area contributed by atoms with E-state index in [-0.39, 0.29) is 5.91 Å². The van der Waals surface area contributed by atoms with Gasteiger partial charge in [0.15, 0.2) is 5.76 Å². The molecule has 0 spiro atoms. The van der Waals surface area contributed by atoms with Crippen LogP contribution in [0.25, 0.3) is 0 Å². The number of aryl methyl sites for hydroxylation is 1. The minimum atomic E-state index is -0.209. The molecule has 0 bridgehead atoms. The van der Waals surface area contributed by atoms with Gasteiger partial charge in [-0.1, -0.05) is 19.1 Å². The maximum atomic E-state index is 11.7. The van der Waals surface area contributed by atoms with Crippen LogP contribution in [-0.2, 0) is 13.0 Å². The molecule has 19 heavy (non-hydrogen) atoms. The Morgan fingerprint density at radius 3 is 2.84 bits per heavy atom. The molecular formula is C15H17NO3. The molecule has 0 saturated carbocycles. The summed E-state index contributed by atoms with van der Waals surface area (Å²) in [6.07, 6.45) is 2.38. The van der Waals surface area contributed by atoms with Crippen molar-refractivity contribution in [3.8, 4) is 5.75 Å². The van der Waals surface area contributed by atoms with Crippen LogP contribution < -0.4 is 10.1 Å². The van der Waals surface area contributed by atoms with Gasteiger partial charge in [-0.25, -0.2) is 0 Å². The van der Waals surface area contributed by atoms with Crippen LogP contribution in [0.1, 0.15) is 28.6 Å². The molecule has 0 radical (unpaired) electrons. The summed E-state index contributed by atoms with van der Waals surface area (Å²) in [5.41, 5.74) is 2.17. The average molecular weight is 259 g/mol. The highest BCUT2D eigenvalue weighted by atomic mass is 16.5. The van der Waals surface area contributed by atoms with Gasteiger partial charge in [-0.05, 0) is 35.7 Å². The summed E-state index contributed by atoms with van der Waals surface area (Å²) in [5.74, 6) is 0.992. The number of furan rings is 1. The van der Waals surface area contributed by atoms with Crippen LogP contribution in [0.5, 0.6) is 5.75 Å². The lowest BCUT2D eigenvalue weighted by Gasteiger charge is -2.09. The first kappa shape index (κ1) is 13.2. The van der Waals surface area contributed by atoms with Gasteiger partial charge in [-0.15, -0.1) is 0 Å². The molecule has 100 valence electrons. The summed E-state index contributed by atoms with van der Waals surface area (Å²) in [6.45, 7) is 2.54. The minimum Gasteiger partial charge on any atom is -0.496 e. The van der Waals surface area contributed by atoms with Crippen LogP contribution in [0.4, 0.5) is 0 Å². The first-order valence-corrected chi connectivity index (χ1v) is 6.22. The topological polar surface area (TPSA) is 51.5 Å². The van der Waals surface area contributed by atoms with Crippen LogP contribution in [0.2, 0.25) is 0 Å². The quantitative estimate of drug-likeness (QED) is 0.898. The summed E-state index contributed by atoms with van der Waals surface area (Å²) in [7, 11) is 1.66. The van der Waals surface area contributed by atoms with Crippen molar-refractivity contribution in [2.24, 2.45) is 0 Å². The van der Waals surface area contributed by atoms with Crippen molar-refractivity contribution in [1.29, 1.82) is 0 Å². The lowest BCUT2D eigenvalue weighted by atomic mass is 10.1. The Morgan fingerprint density at radius 2 is 2.21 bits per heavy atom. The van der Waals surface area contributed by atoms with E-state index in [1.54, 1.807) is 19.2 Å². The fourth-order valence-electron chi connectivity index (χ4n) is 1.90. The number of benzene rings is 1. The van der Waals surface area contributed by atoms with E-state index in [0.717, 1.165) is 23.3 Å². The van der Waals surface area contributed by atoms with E-state index in [1.807, 2.05) is 18.2 Å². The van der Waals surface area contributed by atoms with Gasteiger partial charge in [0.25, 0.3) is 5.91 Å². The van der Waals surface area contributed by atoms with Crippen LogP contribution in [0, 0.1) is 0 Å². The van der Waals surface area contributed by atoms with Gasteiger partial charge in [0.1, 0.15) is 5.75 Å². The smallest absolute Gasteiger partial charge is 0.287 e. The second kappa shape index (κ2) is 6.09. The summed E-state index contributed by atoms with van der Waals surface area (Å²) in [6, 6.07) is 9.24. The Hall–Kier alpha value is -2.23. The number of amides is 1. The van der Waals surface area contributed by atoms with Gasteiger partial charge in [-0.2, -0.15) is 0 Å². The molecule has 0 fully saturated rings. The summed E-state index contributed by atoms with van der Waals surface area (Å²) >= 11 is 0. The van der Waals surface area contributed by atoms with E-state index >= 15 is 0 Å². The van der Waals surface area contributed by atoms with E-state index in [0.29, 0.717) is 12.3 Å².